The third-order valence-corrected chi connectivity index (χ3v) is 2.64. The molecule has 0 aliphatic heterocycles. The summed E-state index contributed by atoms with van der Waals surface area (Å²) in [5, 5.41) is 0.623. The van der Waals surface area contributed by atoms with Crippen LogP contribution in [0.3, 0.4) is 0 Å². The summed E-state index contributed by atoms with van der Waals surface area (Å²) in [7, 11) is 1.61. The smallest absolute Gasteiger partial charge is 0.137 e. The molecule has 0 aromatic heterocycles. The maximum absolute atomic E-state index is 6.07. The van der Waals surface area contributed by atoms with E-state index in [-0.39, 0.29) is 6.04 Å². The fraction of sp³-hybridized carbons (Fsp3) is 0.500. The molecule has 2 nitrogen and oxygen atoms in total. The van der Waals surface area contributed by atoms with E-state index in [1.165, 1.54) is 0 Å². The van der Waals surface area contributed by atoms with E-state index in [0.717, 1.165) is 12.0 Å². The number of rotatable bonds is 4. The highest BCUT2D eigenvalue weighted by Crippen LogP contribution is 2.28. The number of halogens is 1. The lowest BCUT2D eigenvalue weighted by atomic mass is 9.98. The van der Waals surface area contributed by atoms with Gasteiger partial charge in [0.25, 0.3) is 0 Å². The van der Waals surface area contributed by atoms with Gasteiger partial charge in [0, 0.05) is 6.04 Å². The molecule has 0 heterocycles. The summed E-state index contributed by atoms with van der Waals surface area (Å²) in [6, 6.07) is 5.75. The second-order valence-corrected chi connectivity index (χ2v) is 4.54. The van der Waals surface area contributed by atoms with Crippen LogP contribution in [0.1, 0.15) is 31.9 Å². The predicted octanol–water partition coefficient (Wildman–Crippen LogP) is 3.39. The zero-order chi connectivity index (χ0) is 11.4. The Hall–Kier alpha value is -0.730. The van der Waals surface area contributed by atoms with Crippen molar-refractivity contribution in [3.8, 4) is 5.75 Å². The molecule has 15 heavy (non-hydrogen) atoms. The molecule has 1 aromatic rings. The van der Waals surface area contributed by atoms with Gasteiger partial charge < -0.3 is 10.5 Å². The van der Waals surface area contributed by atoms with E-state index >= 15 is 0 Å². The quantitative estimate of drug-likeness (QED) is 0.856. The van der Waals surface area contributed by atoms with Gasteiger partial charge in [0.1, 0.15) is 5.75 Å². The summed E-state index contributed by atoms with van der Waals surface area (Å²) in [6.45, 7) is 4.32. The molecule has 2 N–H and O–H groups in total. The molecule has 0 aliphatic carbocycles. The van der Waals surface area contributed by atoms with Crippen LogP contribution in [0.15, 0.2) is 18.2 Å². The summed E-state index contributed by atoms with van der Waals surface area (Å²) in [5.41, 5.74) is 7.14. The van der Waals surface area contributed by atoms with Gasteiger partial charge in [-0.25, -0.2) is 0 Å². The maximum Gasteiger partial charge on any atom is 0.137 e. The van der Waals surface area contributed by atoms with Crippen molar-refractivity contribution in [2.24, 2.45) is 11.7 Å². The SMILES string of the molecule is COc1cc([C@@H](N)CC(C)C)ccc1Cl. The molecular formula is C12H18ClNO. The van der Waals surface area contributed by atoms with Gasteiger partial charge >= 0.3 is 0 Å². The van der Waals surface area contributed by atoms with Crippen LogP contribution >= 0.6 is 11.6 Å². The molecule has 0 spiro atoms. The first-order valence-electron chi connectivity index (χ1n) is 5.13. The van der Waals surface area contributed by atoms with Gasteiger partial charge in [-0.15, -0.1) is 0 Å². The Bertz CT molecular complexity index is 325. The molecular weight excluding hydrogens is 210 g/mol. The zero-order valence-corrected chi connectivity index (χ0v) is 10.2. The van der Waals surface area contributed by atoms with Crippen LogP contribution in [-0.2, 0) is 0 Å². The Balaban J connectivity index is 2.85. The average Bonchev–Trinajstić information content (AvgIpc) is 2.17. The topological polar surface area (TPSA) is 35.2 Å². The summed E-state index contributed by atoms with van der Waals surface area (Å²) < 4.78 is 5.15. The van der Waals surface area contributed by atoms with Crippen LogP contribution in [0.4, 0.5) is 0 Å². The molecule has 0 fully saturated rings. The van der Waals surface area contributed by atoms with Gasteiger partial charge in [-0.3, -0.25) is 0 Å². The van der Waals surface area contributed by atoms with E-state index in [1.807, 2.05) is 18.2 Å². The first-order valence-corrected chi connectivity index (χ1v) is 5.51. The van der Waals surface area contributed by atoms with Crippen molar-refractivity contribution in [1.82, 2.24) is 0 Å². The maximum atomic E-state index is 6.07. The second-order valence-electron chi connectivity index (χ2n) is 4.13. The van der Waals surface area contributed by atoms with Crippen LogP contribution in [0.2, 0.25) is 5.02 Å². The third-order valence-electron chi connectivity index (χ3n) is 2.33. The molecule has 0 unspecified atom stereocenters. The van der Waals surface area contributed by atoms with E-state index in [0.29, 0.717) is 16.7 Å². The number of ether oxygens (including phenoxy) is 1. The third kappa shape index (κ3) is 3.40. The van der Waals surface area contributed by atoms with Gasteiger partial charge in [-0.2, -0.15) is 0 Å². The van der Waals surface area contributed by atoms with E-state index in [1.54, 1.807) is 7.11 Å². The van der Waals surface area contributed by atoms with Gasteiger partial charge in [-0.1, -0.05) is 31.5 Å². The molecule has 0 saturated heterocycles. The number of methoxy groups -OCH3 is 1. The highest BCUT2D eigenvalue weighted by molar-refractivity contribution is 6.32. The summed E-state index contributed by atoms with van der Waals surface area (Å²) in [6.07, 6.45) is 0.963. The fourth-order valence-corrected chi connectivity index (χ4v) is 1.75. The average molecular weight is 228 g/mol. The van der Waals surface area contributed by atoms with Crippen molar-refractivity contribution < 1.29 is 4.74 Å². The minimum absolute atomic E-state index is 0.0520. The van der Waals surface area contributed by atoms with E-state index < -0.39 is 0 Å². The lowest BCUT2D eigenvalue weighted by Crippen LogP contribution is -2.12. The molecule has 0 amide bonds. The molecule has 1 aromatic carbocycles. The van der Waals surface area contributed by atoms with E-state index in [4.69, 9.17) is 22.1 Å². The summed E-state index contributed by atoms with van der Waals surface area (Å²) >= 11 is 5.94. The molecule has 0 saturated carbocycles. The Kier molecular flexibility index (Phi) is 4.43. The van der Waals surface area contributed by atoms with Crippen molar-refractivity contribution in [1.29, 1.82) is 0 Å². The summed E-state index contributed by atoms with van der Waals surface area (Å²) in [4.78, 5) is 0. The number of hydrogen-bond acceptors (Lipinski definition) is 2. The minimum atomic E-state index is 0.0520. The lowest BCUT2D eigenvalue weighted by molar-refractivity contribution is 0.413. The Morgan fingerprint density at radius 1 is 1.40 bits per heavy atom. The van der Waals surface area contributed by atoms with Crippen molar-refractivity contribution in [3.63, 3.8) is 0 Å². The second kappa shape index (κ2) is 5.38. The molecule has 0 aliphatic rings. The summed E-state index contributed by atoms with van der Waals surface area (Å²) in [5.74, 6) is 1.27. The lowest BCUT2D eigenvalue weighted by Gasteiger charge is -2.15. The van der Waals surface area contributed by atoms with Crippen LogP contribution in [-0.4, -0.2) is 7.11 Å². The molecule has 3 heteroatoms. The number of hydrogen-bond donors (Lipinski definition) is 1. The van der Waals surface area contributed by atoms with Gasteiger partial charge in [0.2, 0.25) is 0 Å². The van der Waals surface area contributed by atoms with Gasteiger partial charge in [0.15, 0.2) is 0 Å². The molecule has 0 radical (unpaired) electrons. The zero-order valence-electron chi connectivity index (χ0n) is 9.46. The first kappa shape index (κ1) is 12.3. The van der Waals surface area contributed by atoms with Gasteiger partial charge in [0.05, 0.1) is 12.1 Å². The number of nitrogens with two attached hydrogens (primary N) is 1. The standard InChI is InChI=1S/C12H18ClNO/c1-8(2)6-11(14)9-4-5-10(13)12(7-9)15-3/h4-5,7-8,11H,6,14H2,1-3H3/t11-/m0/s1. The first-order chi connectivity index (χ1) is 7.04. The molecule has 1 rings (SSSR count). The Morgan fingerprint density at radius 3 is 2.60 bits per heavy atom. The van der Waals surface area contributed by atoms with E-state index in [2.05, 4.69) is 13.8 Å². The van der Waals surface area contributed by atoms with Crippen molar-refractivity contribution in [2.45, 2.75) is 26.3 Å². The van der Waals surface area contributed by atoms with Crippen LogP contribution in [0.5, 0.6) is 5.75 Å². The Labute approximate surface area is 96.4 Å². The van der Waals surface area contributed by atoms with Crippen LogP contribution < -0.4 is 10.5 Å². The largest absolute Gasteiger partial charge is 0.495 e. The van der Waals surface area contributed by atoms with Crippen molar-refractivity contribution in [3.05, 3.63) is 28.8 Å². The highest BCUT2D eigenvalue weighted by Gasteiger charge is 2.10. The van der Waals surface area contributed by atoms with Gasteiger partial charge in [-0.05, 0) is 30.0 Å². The monoisotopic (exact) mass is 227 g/mol. The molecule has 1 atom stereocenters. The van der Waals surface area contributed by atoms with Crippen molar-refractivity contribution >= 4 is 11.6 Å². The Morgan fingerprint density at radius 2 is 2.07 bits per heavy atom. The van der Waals surface area contributed by atoms with Crippen LogP contribution in [0, 0.1) is 5.92 Å². The predicted molar refractivity (Wildman–Crippen MR) is 64.4 cm³/mol. The fourth-order valence-electron chi connectivity index (χ4n) is 1.55. The van der Waals surface area contributed by atoms with E-state index in [9.17, 15) is 0 Å². The minimum Gasteiger partial charge on any atom is -0.495 e. The van der Waals surface area contributed by atoms with Crippen molar-refractivity contribution in [2.75, 3.05) is 7.11 Å². The van der Waals surface area contributed by atoms with Crippen LogP contribution in [0.25, 0.3) is 0 Å². The highest BCUT2D eigenvalue weighted by atomic mass is 35.5. The number of benzene rings is 1. The molecule has 0 bridgehead atoms. The molecule has 84 valence electrons. The normalized spacial score (nSPS) is 12.9.